The van der Waals surface area contributed by atoms with Crippen LogP contribution in [0, 0.1) is 5.92 Å². The third-order valence-corrected chi connectivity index (χ3v) is 6.85. The minimum absolute atomic E-state index is 0. The summed E-state index contributed by atoms with van der Waals surface area (Å²) in [6, 6.07) is 9.03. The molecule has 2 aliphatic rings. The minimum atomic E-state index is 0. The number of carbonyl (C=O) groups is 1. The smallest absolute Gasteiger partial charge is 0.225 e. The van der Waals surface area contributed by atoms with Crippen molar-refractivity contribution in [2.75, 3.05) is 32.7 Å². The van der Waals surface area contributed by atoms with E-state index in [1.165, 1.54) is 30.4 Å². The van der Waals surface area contributed by atoms with E-state index < -0.39 is 0 Å². The second-order valence-corrected chi connectivity index (χ2v) is 9.23. The number of benzene rings is 1. The molecule has 6 nitrogen and oxygen atoms in total. The first kappa shape index (κ1) is 27.9. The quantitative estimate of drug-likeness (QED) is 0.263. The number of rotatable bonds is 9. The van der Waals surface area contributed by atoms with E-state index in [0.717, 1.165) is 64.5 Å². The van der Waals surface area contributed by atoms with Gasteiger partial charge in [-0.2, -0.15) is 0 Å². The standard InChI is InChI=1S/C26H43N5O.HI/c1-4-27-26(28-18-21-11-10-12-22(17-21)19-30(5-2)6-3)29-24-15-16-31(20-24)25(32)23-13-8-7-9-14-23;/h10-12,17,23-24H,4-9,13-16,18-20H2,1-3H3,(H2,27,28,29);1H. The molecule has 1 atom stereocenters. The summed E-state index contributed by atoms with van der Waals surface area (Å²) in [7, 11) is 0. The molecule has 1 aromatic carbocycles. The van der Waals surface area contributed by atoms with Crippen molar-refractivity contribution in [1.29, 1.82) is 0 Å². The fourth-order valence-corrected chi connectivity index (χ4v) is 4.90. The van der Waals surface area contributed by atoms with Gasteiger partial charge in [0, 0.05) is 38.1 Å². The molecule has 3 rings (SSSR count). The van der Waals surface area contributed by atoms with Crippen LogP contribution < -0.4 is 10.6 Å². The van der Waals surface area contributed by atoms with Crippen LogP contribution in [-0.2, 0) is 17.9 Å². The Balaban J connectivity index is 0.00000385. The van der Waals surface area contributed by atoms with Crippen LogP contribution in [0.2, 0.25) is 0 Å². The van der Waals surface area contributed by atoms with Crippen LogP contribution >= 0.6 is 24.0 Å². The summed E-state index contributed by atoms with van der Waals surface area (Å²) in [6.07, 6.45) is 6.84. The molecule has 2 fully saturated rings. The molecular weight excluding hydrogens is 525 g/mol. The van der Waals surface area contributed by atoms with Crippen molar-refractivity contribution in [1.82, 2.24) is 20.4 Å². The second kappa shape index (κ2) is 14.8. The lowest BCUT2D eigenvalue weighted by molar-refractivity contribution is -0.135. The number of guanidine groups is 1. The highest BCUT2D eigenvalue weighted by atomic mass is 127. The monoisotopic (exact) mass is 569 g/mol. The first-order valence-electron chi connectivity index (χ1n) is 12.8. The molecule has 7 heteroatoms. The second-order valence-electron chi connectivity index (χ2n) is 9.23. The fraction of sp³-hybridized carbons (Fsp3) is 0.692. The molecule has 0 spiro atoms. The molecule has 1 saturated heterocycles. The van der Waals surface area contributed by atoms with Gasteiger partial charge in [0.15, 0.2) is 5.96 Å². The average Bonchev–Trinajstić information content (AvgIpc) is 3.30. The van der Waals surface area contributed by atoms with Gasteiger partial charge in [0.2, 0.25) is 5.91 Å². The highest BCUT2D eigenvalue weighted by Gasteiger charge is 2.31. The van der Waals surface area contributed by atoms with Crippen molar-refractivity contribution in [3.8, 4) is 0 Å². The van der Waals surface area contributed by atoms with Crippen molar-refractivity contribution in [2.45, 2.75) is 78.4 Å². The molecule has 2 N–H and O–H groups in total. The SMILES string of the molecule is CCNC(=NCc1cccc(CN(CC)CC)c1)NC1CCN(C(=O)C2CCCCC2)C1.I. The summed E-state index contributed by atoms with van der Waals surface area (Å²) in [4.78, 5) is 22.2. The third kappa shape index (κ3) is 8.74. The van der Waals surface area contributed by atoms with Crippen LogP contribution in [0.5, 0.6) is 0 Å². The molecule has 1 amide bonds. The molecule has 1 aliphatic heterocycles. The van der Waals surface area contributed by atoms with E-state index in [4.69, 9.17) is 4.99 Å². The van der Waals surface area contributed by atoms with Gasteiger partial charge < -0.3 is 15.5 Å². The summed E-state index contributed by atoms with van der Waals surface area (Å²) in [5.74, 6) is 1.48. The largest absolute Gasteiger partial charge is 0.357 e. The van der Waals surface area contributed by atoms with E-state index in [1.807, 2.05) is 0 Å². The van der Waals surface area contributed by atoms with E-state index in [1.54, 1.807) is 0 Å². The topological polar surface area (TPSA) is 60.0 Å². The number of aliphatic imine (C=N–C) groups is 1. The molecule has 1 heterocycles. The third-order valence-electron chi connectivity index (χ3n) is 6.85. The van der Waals surface area contributed by atoms with Crippen LogP contribution in [0.3, 0.4) is 0 Å². The highest BCUT2D eigenvalue weighted by molar-refractivity contribution is 14.0. The maximum atomic E-state index is 12.9. The Bertz CT molecular complexity index is 746. The molecule has 1 aliphatic carbocycles. The summed E-state index contributed by atoms with van der Waals surface area (Å²) < 4.78 is 0. The normalized spacial score (nSPS) is 19.5. The van der Waals surface area contributed by atoms with E-state index in [-0.39, 0.29) is 35.9 Å². The summed E-state index contributed by atoms with van der Waals surface area (Å²) >= 11 is 0. The van der Waals surface area contributed by atoms with Gasteiger partial charge in [-0.15, -0.1) is 24.0 Å². The number of nitrogens with one attached hydrogen (secondary N) is 2. The van der Waals surface area contributed by atoms with Gasteiger partial charge in [0.25, 0.3) is 0 Å². The zero-order valence-corrected chi connectivity index (χ0v) is 23.1. The predicted octanol–water partition coefficient (Wildman–Crippen LogP) is 4.38. The number of amides is 1. The highest BCUT2D eigenvalue weighted by Crippen LogP contribution is 2.26. The first-order valence-corrected chi connectivity index (χ1v) is 12.8. The Labute approximate surface area is 218 Å². The van der Waals surface area contributed by atoms with Crippen molar-refractivity contribution >= 4 is 35.8 Å². The van der Waals surface area contributed by atoms with Crippen LogP contribution in [-0.4, -0.2) is 60.4 Å². The van der Waals surface area contributed by atoms with Crippen LogP contribution in [0.4, 0.5) is 0 Å². The molecule has 0 aromatic heterocycles. The number of hydrogen-bond acceptors (Lipinski definition) is 3. The summed E-state index contributed by atoms with van der Waals surface area (Å²) in [6.45, 7) is 12.7. The Morgan fingerprint density at radius 1 is 1.09 bits per heavy atom. The molecular formula is C26H44IN5O. The number of carbonyl (C=O) groups excluding carboxylic acids is 1. The van der Waals surface area contributed by atoms with Gasteiger partial charge in [-0.25, -0.2) is 4.99 Å². The molecule has 0 bridgehead atoms. The molecule has 1 unspecified atom stereocenters. The Morgan fingerprint density at radius 3 is 2.52 bits per heavy atom. The molecule has 1 aromatic rings. The first-order chi connectivity index (χ1) is 15.6. The van der Waals surface area contributed by atoms with E-state index in [2.05, 4.69) is 65.5 Å². The number of halogens is 1. The number of hydrogen-bond donors (Lipinski definition) is 2. The van der Waals surface area contributed by atoms with Gasteiger partial charge in [-0.1, -0.05) is 57.4 Å². The molecule has 186 valence electrons. The van der Waals surface area contributed by atoms with E-state index in [9.17, 15) is 4.79 Å². The van der Waals surface area contributed by atoms with Gasteiger partial charge in [0.05, 0.1) is 6.54 Å². The van der Waals surface area contributed by atoms with Crippen LogP contribution in [0.25, 0.3) is 0 Å². The zero-order valence-electron chi connectivity index (χ0n) is 20.8. The average molecular weight is 570 g/mol. The van der Waals surface area contributed by atoms with Crippen LogP contribution in [0.15, 0.2) is 29.3 Å². The Morgan fingerprint density at radius 2 is 1.82 bits per heavy atom. The van der Waals surface area contributed by atoms with Gasteiger partial charge >= 0.3 is 0 Å². The van der Waals surface area contributed by atoms with Gasteiger partial charge in [-0.05, 0) is 50.4 Å². The van der Waals surface area contributed by atoms with Gasteiger partial charge in [-0.3, -0.25) is 9.69 Å². The van der Waals surface area contributed by atoms with E-state index >= 15 is 0 Å². The minimum Gasteiger partial charge on any atom is -0.357 e. The van der Waals surface area contributed by atoms with Crippen molar-refractivity contribution in [3.05, 3.63) is 35.4 Å². The predicted molar refractivity (Wildman–Crippen MR) is 148 cm³/mol. The lowest BCUT2D eigenvalue weighted by Crippen LogP contribution is -2.45. The summed E-state index contributed by atoms with van der Waals surface area (Å²) in [5.41, 5.74) is 2.57. The maximum absolute atomic E-state index is 12.9. The van der Waals surface area contributed by atoms with Crippen molar-refractivity contribution < 1.29 is 4.79 Å². The van der Waals surface area contributed by atoms with E-state index in [0.29, 0.717) is 12.5 Å². The fourth-order valence-electron chi connectivity index (χ4n) is 4.90. The Kier molecular flexibility index (Phi) is 12.5. The zero-order chi connectivity index (χ0) is 22.8. The van der Waals surface area contributed by atoms with Crippen molar-refractivity contribution in [2.24, 2.45) is 10.9 Å². The molecule has 1 saturated carbocycles. The Hall–Kier alpha value is -1.35. The van der Waals surface area contributed by atoms with Gasteiger partial charge in [0.1, 0.15) is 0 Å². The molecule has 33 heavy (non-hydrogen) atoms. The lowest BCUT2D eigenvalue weighted by atomic mass is 9.88. The molecule has 0 radical (unpaired) electrons. The summed E-state index contributed by atoms with van der Waals surface area (Å²) in [5, 5.41) is 6.96. The maximum Gasteiger partial charge on any atom is 0.225 e. The van der Waals surface area contributed by atoms with Crippen LogP contribution in [0.1, 0.15) is 70.4 Å². The van der Waals surface area contributed by atoms with Crippen molar-refractivity contribution in [3.63, 3.8) is 0 Å². The number of likely N-dealkylation sites (tertiary alicyclic amines) is 1. The lowest BCUT2D eigenvalue weighted by Gasteiger charge is -2.26. The number of nitrogens with zero attached hydrogens (tertiary/aromatic N) is 3.